The highest BCUT2D eigenvalue weighted by Gasteiger charge is 2.09. The van der Waals surface area contributed by atoms with Crippen molar-refractivity contribution in [3.05, 3.63) is 59.8 Å². The molecule has 2 aromatic carbocycles. The molecule has 0 atom stereocenters. The summed E-state index contributed by atoms with van der Waals surface area (Å²) in [4.78, 5) is 4.28. The van der Waals surface area contributed by atoms with Crippen LogP contribution in [-0.4, -0.2) is 12.1 Å². The molecule has 0 fully saturated rings. The van der Waals surface area contributed by atoms with Gasteiger partial charge in [0, 0.05) is 5.56 Å². The number of oxazole rings is 1. The first-order valence-electron chi connectivity index (χ1n) is 7.10. The first-order valence-corrected chi connectivity index (χ1v) is 7.10. The lowest BCUT2D eigenvalue weighted by atomic mass is 10.1. The summed E-state index contributed by atoms with van der Waals surface area (Å²) in [6.07, 6.45) is 1.72. The highest BCUT2D eigenvalue weighted by atomic mass is 16.5. The van der Waals surface area contributed by atoms with Gasteiger partial charge in [-0.25, -0.2) is 4.98 Å². The van der Waals surface area contributed by atoms with E-state index in [2.05, 4.69) is 29.4 Å². The van der Waals surface area contributed by atoms with Crippen LogP contribution in [0, 0.1) is 13.8 Å². The van der Waals surface area contributed by atoms with Gasteiger partial charge in [0.1, 0.15) is 5.75 Å². The van der Waals surface area contributed by atoms with Crippen LogP contribution in [0.25, 0.3) is 11.3 Å². The maximum Gasteiger partial charge on any atom is 0.299 e. The molecule has 3 rings (SSSR count). The van der Waals surface area contributed by atoms with Gasteiger partial charge >= 0.3 is 0 Å². The van der Waals surface area contributed by atoms with Crippen molar-refractivity contribution < 1.29 is 9.15 Å². The summed E-state index contributed by atoms with van der Waals surface area (Å²) >= 11 is 0. The maximum atomic E-state index is 5.78. The molecule has 1 aromatic heterocycles. The fraction of sp³-hybridized carbons (Fsp3) is 0.167. The number of anilines is 2. The molecular formula is C18H18N2O2. The third-order valence-electron chi connectivity index (χ3n) is 3.44. The van der Waals surface area contributed by atoms with E-state index in [0.29, 0.717) is 6.01 Å². The fourth-order valence-corrected chi connectivity index (χ4v) is 2.22. The largest absolute Gasteiger partial charge is 0.495 e. The van der Waals surface area contributed by atoms with Gasteiger partial charge in [-0.05, 0) is 31.5 Å². The highest BCUT2D eigenvalue weighted by Crippen LogP contribution is 2.30. The molecule has 3 aromatic rings. The van der Waals surface area contributed by atoms with Crippen molar-refractivity contribution in [2.45, 2.75) is 13.8 Å². The van der Waals surface area contributed by atoms with Gasteiger partial charge in [-0.3, -0.25) is 0 Å². The molecule has 22 heavy (non-hydrogen) atoms. The predicted octanol–water partition coefficient (Wildman–Crippen LogP) is 4.71. The molecule has 0 aliphatic rings. The first kappa shape index (κ1) is 14.2. The van der Waals surface area contributed by atoms with Crippen molar-refractivity contribution in [1.82, 2.24) is 4.98 Å². The zero-order valence-corrected chi connectivity index (χ0v) is 12.9. The molecule has 0 radical (unpaired) electrons. The quantitative estimate of drug-likeness (QED) is 0.757. The van der Waals surface area contributed by atoms with Crippen LogP contribution in [0.4, 0.5) is 11.7 Å². The van der Waals surface area contributed by atoms with Crippen LogP contribution in [0.3, 0.4) is 0 Å². The van der Waals surface area contributed by atoms with E-state index in [1.165, 1.54) is 5.56 Å². The van der Waals surface area contributed by atoms with Crippen LogP contribution >= 0.6 is 0 Å². The highest BCUT2D eigenvalue weighted by molar-refractivity contribution is 5.64. The van der Waals surface area contributed by atoms with Crippen LogP contribution < -0.4 is 10.1 Å². The monoisotopic (exact) mass is 294 g/mol. The number of nitrogens with one attached hydrogen (secondary N) is 1. The average molecular weight is 294 g/mol. The Kier molecular flexibility index (Phi) is 3.83. The lowest BCUT2D eigenvalue weighted by Gasteiger charge is -2.09. The standard InChI is InChI=1S/C18H18N2O2/c1-12-4-7-14(8-5-12)17-11-19-18(22-17)20-15-10-13(2)6-9-16(15)21-3/h4-11H,1-3H3,(H,19,20). The van der Waals surface area contributed by atoms with Gasteiger partial charge in [0.05, 0.1) is 19.0 Å². The summed E-state index contributed by atoms with van der Waals surface area (Å²) in [6, 6.07) is 14.5. The lowest BCUT2D eigenvalue weighted by Crippen LogP contribution is -1.95. The third kappa shape index (κ3) is 2.96. The Morgan fingerprint density at radius 1 is 1.00 bits per heavy atom. The SMILES string of the molecule is COc1ccc(C)cc1Nc1ncc(-c2ccc(C)cc2)o1. The average Bonchev–Trinajstić information content (AvgIpc) is 2.97. The molecule has 0 aliphatic heterocycles. The number of benzene rings is 2. The Bertz CT molecular complexity index is 776. The van der Waals surface area contributed by atoms with Gasteiger partial charge in [-0.15, -0.1) is 0 Å². The Morgan fingerprint density at radius 3 is 2.45 bits per heavy atom. The molecular weight excluding hydrogens is 276 g/mol. The normalized spacial score (nSPS) is 10.5. The van der Waals surface area contributed by atoms with Crippen molar-refractivity contribution in [3.8, 4) is 17.1 Å². The van der Waals surface area contributed by atoms with Crippen LogP contribution in [0.1, 0.15) is 11.1 Å². The zero-order chi connectivity index (χ0) is 15.5. The summed E-state index contributed by atoms with van der Waals surface area (Å²) < 4.78 is 11.1. The molecule has 0 aliphatic carbocycles. The smallest absolute Gasteiger partial charge is 0.299 e. The van der Waals surface area contributed by atoms with Crippen LogP contribution in [0.5, 0.6) is 5.75 Å². The van der Waals surface area contributed by atoms with E-state index in [4.69, 9.17) is 9.15 Å². The number of ether oxygens (including phenoxy) is 1. The Morgan fingerprint density at radius 2 is 1.73 bits per heavy atom. The summed E-state index contributed by atoms with van der Waals surface area (Å²) in [7, 11) is 1.64. The fourth-order valence-electron chi connectivity index (χ4n) is 2.22. The topological polar surface area (TPSA) is 47.3 Å². The minimum atomic E-state index is 0.444. The van der Waals surface area contributed by atoms with Gasteiger partial charge in [-0.1, -0.05) is 35.9 Å². The number of rotatable bonds is 4. The molecule has 0 saturated heterocycles. The third-order valence-corrected chi connectivity index (χ3v) is 3.44. The van der Waals surface area contributed by atoms with Gasteiger partial charge in [0.2, 0.25) is 0 Å². The summed E-state index contributed by atoms with van der Waals surface area (Å²) in [5, 5.41) is 3.16. The second kappa shape index (κ2) is 5.93. The van der Waals surface area contributed by atoms with E-state index in [-0.39, 0.29) is 0 Å². The number of methoxy groups -OCH3 is 1. The number of nitrogens with zero attached hydrogens (tertiary/aromatic N) is 1. The molecule has 1 N–H and O–H groups in total. The van der Waals surface area contributed by atoms with Gasteiger partial charge in [0.15, 0.2) is 5.76 Å². The predicted molar refractivity (Wildman–Crippen MR) is 87.7 cm³/mol. The van der Waals surface area contributed by atoms with Crippen LogP contribution in [0.2, 0.25) is 0 Å². The number of aryl methyl sites for hydroxylation is 2. The number of hydrogen-bond donors (Lipinski definition) is 1. The zero-order valence-electron chi connectivity index (χ0n) is 12.9. The molecule has 0 saturated carbocycles. The molecule has 0 spiro atoms. The van der Waals surface area contributed by atoms with Crippen LogP contribution in [-0.2, 0) is 0 Å². The molecule has 0 amide bonds. The molecule has 112 valence electrons. The summed E-state index contributed by atoms with van der Waals surface area (Å²) in [5.41, 5.74) is 4.18. The number of aromatic nitrogens is 1. The molecule has 0 bridgehead atoms. The van der Waals surface area contributed by atoms with E-state index in [1.54, 1.807) is 13.3 Å². The van der Waals surface area contributed by atoms with Crippen LogP contribution in [0.15, 0.2) is 53.1 Å². The second-order valence-corrected chi connectivity index (χ2v) is 5.22. The van der Waals surface area contributed by atoms with Gasteiger partial charge in [0.25, 0.3) is 6.01 Å². The lowest BCUT2D eigenvalue weighted by molar-refractivity contribution is 0.416. The maximum absolute atomic E-state index is 5.78. The van der Waals surface area contributed by atoms with Crippen molar-refractivity contribution >= 4 is 11.7 Å². The Balaban J connectivity index is 1.85. The van der Waals surface area contributed by atoms with Crippen molar-refractivity contribution in [1.29, 1.82) is 0 Å². The van der Waals surface area contributed by atoms with E-state index in [9.17, 15) is 0 Å². The van der Waals surface area contributed by atoms with E-state index < -0.39 is 0 Å². The first-order chi connectivity index (χ1) is 10.7. The summed E-state index contributed by atoms with van der Waals surface area (Å²) in [5.74, 6) is 1.48. The van der Waals surface area contributed by atoms with Crippen molar-refractivity contribution in [2.24, 2.45) is 0 Å². The molecule has 1 heterocycles. The molecule has 4 nitrogen and oxygen atoms in total. The van der Waals surface area contributed by atoms with E-state index in [1.807, 2.05) is 37.3 Å². The Hall–Kier alpha value is -2.75. The van der Waals surface area contributed by atoms with Crippen molar-refractivity contribution in [2.75, 3.05) is 12.4 Å². The summed E-state index contributed by atoms with van der Waals surface area (Å²) in [6.45, 7) is 4.08. The van der Waals surface area contributed by atoms with Gasteiger partial charge in [-0.2, -0.15) is 0 Å². The van der Waals surface area contributed by atoms with Gasteiger partial charge < -0.3 is 14.5 Å². The Labute approximate surface area is 129 Å². The molecule has 4 heteroatoms. The number of hydrogen-bond acceptors (Lipinski definition) is 4. The van der Waals surface area contributed by atoms with E-state index in [0.717, 1.165) is 28.3 Å². The van der Waals surface area contributed by atoms with Crippen molar-refractivity contribution in [3.63, 3.8) is 0 Å². The van der Waals surface area contributed by atoms with E-state index >= 15 is 0 Å². The minimum Gasteiger partial charge on any atom is -0.495 e. The second-order valence-electron chi connectivity index (χ2n) is 5.22. The molecule has 0 unspecified atom stereocenters. The minimum absolute atomic E-state index is 0.444.